The number of hydrogen-bond acceptors (Lipinski definition) is 4. The first-order valence-electron chi connectivity index (χ1n) is 6.05. The van der Waals surface area contributed by atoms with Crippen LogP contribution in [-0.2, 0) is 14.8 Å². The van der Waals surface area contributed by atoms with Gasteiger partial charge in [0.25, 0.3) is 0 Å². The lowest BCUT2D eigenvalue weighted by Gasteiger charge is -2.21. The summed E-state index contributed by atoms with van der Waals surface area (Å²) >= 11 is 0. The number of nitrogens with zero attached hydrogens (tertiary/aromatic N) is 1. The lowest BCUT2D eigenvalue weighted by molar-refractivity contribution is -0.114. The molecule has 7 heteroatoms. The van der Waals surface area contributed by atoms with E-state index < -0.39 is 15.6 Å². The average molecular weight is 295 g/mol. The molecule has 108 valence electrons. The Hall–Kier alpha value is -1.91. The fourth-order valence-corrected chi connectivity index (χ4v) is 2.85. The Morgan fingerprint density at radius 3 is 2.30 bits per heavy atom. The van der Waals surface area contributed by atoms with Crippen molar-refractivity contribution in [1.82, 2.24) is 4.72 Å². The first-order valence-corrected chi connectivity index (χ1v) is 7.53. The number of rotatable bonds is 5. The van der Waals surface area contributed by atoms with Gasteiger partial charge in [0.2, 0.25) is 15.9 Å². The normalized spacial score (nSPS) is 14.1. The summed E-state index contributed by atoms with van der Waals surface area (Å²) in [5.74, 6) is -0.234. The van der Waals surface area contributed by atoms with Crippen LogP contribution in [0.3, 0.4) is 0 Å². The highest BCUT2D eigenvalue weighted by Crippen LogP contribution is 2.17. The van der Waals surface area contributed by atoms with Gasteiger partial charge in [-0.2, -0.15) is 9.98 Å². The molecule has 0 aliphatic heterocycles. The minimum Gasteiger partial charge on any atom is -0.326 e. The summed E-state index contributed by atoms with van der Waals surface area (Å²) < 4.78 is 26.7. The second kappa shape index (κ2) is 6.03. The third kappa shape index (κ3) is 4.05. The van der Waals surface area contributed by atoms with Gasteiger partial charge >= 0.3 is 0 Å². The van der Waals surface area contributed by atoms with Crippen molar-refractivity contribution >= 4 is 21.6 Å². The smallest absolute Gasteiger partial charge is 0.241 e. The van der Waals surface area contributed by atoms with E-state index in [4.69, 9.17) is 5.26 Å². The summed E-state index contributed by atoms with van der Waals surface area (Å²) in [6.45, 7) is 4.62. The molecule has 20 heavy (non-hydrogen) atoms. The van der Waals surface area contributed by atoms with Crippen LogP contribution in [0.5, 0.6) is 0 Å². The van der Waals surface area contributed by atoms with E-state index in [2.05, 4.69) is 10.0 Å². The maximum Gasteiger partial charge on any atom is 0.241 e. The van der Waals surface area contributed by atoms with Crippen molar-refractivity contribution in [2.75, 3.05) is 5.32 Å². The molecule has 1 unspecified atom stereocenters. The summed E-state index contributed by atoms with van der Waals surface area (Å²) in [4.78, 5) is 10.9. The van der Waals surface area contributed by atoms with E-state index in [0.29, 0.717) is 12.1 Å². The summed E-state index contributed by atoms with van der Waals surface area (Å²) in [6.07, 6.45) is 0.354. The first-order chi connectivity index (χ1) is 9.22. The highest BCUT2D eigenvalue weighted by molar-refractivity contribution is 7.89. The van der Waals surface area contributed by atoms with E-state index in [-0.39, 0.29) is 10.8 Å². The Morgan fingerprint density at radius 1 is 1.35 bits per heavy atom. The van der Waals surface area contributed by atoms with Crippen molar-refractivity contribution in [3.8, 4) is 6.07 Å². The fraction of sp³-hybridized carbons (Fsp3) is 0.385. The van der Waals surface area contributed by atoms with Crippen LogP contribution in [0.2, 0.25) is 0 Å². The van der Waals surface area contributed by atoms with Crippen molar-refractivity contribution < 1.29 is 13.2 Å². The van der Waals surface area contributed by atoms with Crippen molar-refractivity contribution in [3.05, 3.63) is 24.3 Å². The van der Waals surface area contributed by atoms with Gasteiger partial charge in [0.1, 0.15) is 5.54 Å². The molecule has 1 aromatic rings. The van der Waals surface area contributed by atoms with Gasteiger partial charge in [0.15, 0.2) is 0 Å². The molecule has 0 aliphatic rings. The molecule has 0 heterocycles. The maximum absolute atomic E-state index is 12.1. The largest absolute Gasteiger partial charge is 0.326 e. The van der Waals surface area contributed by atoms with Crippen LogP contribution in [0, 0.1) is 11.3 Å². The Kier molecular flexibility index (Phi) is 4.87. The van der Waals surface area contributed by atoms with E-state index in [1.54, 1.807) is 6.92 Å². The second-order valence-corrected chi connectivity index (χ2v) is 6.29. The van der Waals surface area contributed by atoms with Gasteiger partial charge in [0, 0.05) is 12.6 Å². The van der Waals surface area contributed by atoms with Crippen LogP contribution in [0.15, 0.2) is 29.2 Å². The SMILES string of the molecule is CCC(C)(C#N)NS(=O)(=O)c1ccc(NC(C)=O)cc1. The van der Waals surface area contributed by atoms with Crippen molar-refractivity contribution in [2.24, 2.45) is 0 Å². The topological polar surface area (TPSA) is 99.1 Å². The van der Waals surface area contributed by atoms with Gasteiger partial charge in [-0.3, -0.25) is 4.79 Å². The standard InChI is InChI=1S/C13H17N3O3S/c1-4-13(3,9-14)16-20(18,19)12-7-5-11(6-8-12)15-10(2)17/h5-8,16H,4H2,1-3H3,(H,15,17). The number of anilines is 1. The number of benzene rings is 1. The van der Waals surface area contributed by atoms with E-state index >= 15 is 0 Å². The molecule has 0 fully saturated rings. The van der Waals surface area contributed by atoms with E-state index in [0.717, 1.165) is 0 Å². The molecule has 0 aromatic heterocycles. The number of carbonyl (C=O) groups excluding carboxylic acids is 1. The highest BCUT2D eigenvalue weighted by atomic mass is 32.2. The molecule has 1 atom stereocenters. The Labute approximate surface area is 118 Å². The number of hydrogen-bond donors (Lipinski definition) is 2. The minimum atomic E-state index is -3.77. The van der Waals surface area contributed by atoms with Crippen LogP contribution in [0.25, 0.3) is 0 Å². The monoisotopic (exact) mass is 295 g/mol. The molecule has 1 aromatic carbocycles. The van der Waals surface area contributed by atoms with Crippen LogP contribution in [0.4, 0.5) is 5.69 Å². The Bertz CT molecular complexity index is 632. The Balaban J connectivity index is 3.00. The molecule has 0 aliphatic carbocycles. The van der Waals surface area contributed by atoms with Gasteiger partial charge in [-0.1, -0.05) is 6.92 Å². The average Bonchev–Trinajstić information content (AvgIpc) is 2.38. The van der Waals surface area contributed by atoms with E-state index in [9.17, 15) is 13.2 Å². The van der Waals surface area contributed by atoms with Crippen LogP contribution < -0.4 is 10.0 Å². The van der Waals surface area contributed by atoms with Crippen LogP contribution >= 0.6 is 0 Å². The third-order valence-electron chi connectivity index (χ3n) is 2.80. The van der Waals surface area contributed by atoms with Gasteiger partial charge in [0.05, 0.1) is 11.0 Å². The van der Waals surface area contributed by atoms with E-state index in [1.165, 1.54) is 38.1 Å². The van der Waals surface area contributed by atoms with Crippen molar-refractivity contribution in [2.45, 2.75) is 37.6 Å². The van der Waals surface area contributed by atoms with Crippen LogP contribution in [0.1, 0.15) is 27.2 Å². The van der Waals surface area contributed by atoms with Gasteiger partial charge in [-0.05, 0) is 37.6 Å². The molecule has 1 amide bonds. The van der Waals surface area contributed by atoms with Crippen molar-refractivity contribution in [1.29, 1.82) is 5.26 Å². The minimum absolute atomic E-state index is 0.0431. The zero-order valence-corrected chi connectivity index (χ0v) is 12.4. The summed E-state index contributed by atoms with van der Waals surface area (Å²) in [7, 11) is -3.77. The predicted molar refractivity (Wildman–Crippen MR) is 75.4 cm³/mol. The quantitative estimate of drug-likeness (QED) is 0.862. The Morgan fingerprint density at radius 2 is 1.90 bits per heavy atom. The van der Waals surface area contributed by atoms with Crippen LogP contribution in [-0.4, -0.2) is 19.9 Å². The van der Waals surface area contributed by atoms with Gasteiger partial charge in [-0.25, -0.2) is 8.42 Å². The third-order valence-corrected chi connectivity index (χ3v) is 4.41. The predicted octanol–water partition coefficient (Wildman–Crippen LogP) is 1.62. The zero-order valence-electron chi connectivity index (χ0n) is 11.6. The highest BCUT2D eigenvalue weighted by Gasteiger charge is 2.28. The lowest BCUT2D eigenvalue weighted by atomic mass is 10.0. The molecular formula is C13H17N3O3S. The number of sulfonamides is 1. The van der Waals surface area contributed by atoms with Crippen molar-refractivity contribution in [3.63, 3.8) is 0 Å². The van der Waals surface area contributed by atoms with Gasteiger partial charge in [-0.15, -0.1) is 0 Å². The molecule has 1 rings (SSSR count). The summed E-state index contributed by atoms with van der Waals surface area (Å²) in [5.41, 5.74) is -0.634. The number of nitrogens with one attached hydrogen (secondary N) is 2. The zero-order chi connectivity index (χ0) is 15.4. The molecule has 0 spiro atoms. The van der Waals surface area contributed by atoms with E-state index in [1.807, 2.05) is 6.07 Å². The summed E-state index contributed by atoms with van der Waals surface area (Å²) in [5, 5.41) is 11.6. The van der Waals surface area contributed by atoms with Gasteiger partial charge < -0.3 is 5.32 Å². The number of nitriles is 1. The molecule has 0 saturated heterocycles. The molecule has 2 N–H and O–H groups in total. The fourth-order valence-electron chi connectivity index (χ4n) is 1.45. The maximum atomic E-state index is 12.1. The molecule has 0 radical (unpaired) electrons. The lowest BCUT2D eigenvalue weighted by Crippen LogP contribution is -2.44. The number of amides is 1. The molecular weight excluding hydrogens is 278 g/mol. The second-order valence-electron chi connectivity index (χ2n) is 4.61. The molecule has 0 saturated carbocycles. The summed E-state index contributed by atoms with van der Waals surface area (Å²) in [6, 6.07) is 7.68. The first kappa shape index (κ1) is 16.1. The molecule has 0 bridgehead atoms. The molecule has 6 nitrogen and oxygen atoms in total. The number of carbonyl (C=O) groups is 1.